The summed E-state index contributed by atoms with van der Waals surface area (Å²) in [5.41, 5.74) is 5.77. The van der Waals surface area contributed by atoms with Crippen LogP contribution in [0.3, 0.4) is 0 Å². The fraction of sp³-hybridized carbons (Fsp3) is 0.562. The smallest absolute Gasteiger partial charge is 0.243 e. The molecule has 0 bridgehead atoms. The second-order valence-electron chi connectivity index (χ2n) is 5.44. The Labute approximate surface area is 122 Å². The number of nitrogens with one attached hydrogen (secondary N) is 1. The highest BCUT2D eigenvalue weighted by Gasteiger charge is 2.38. The summed E-state index contributed by atoms with van der Waals surface area (Å²) in [5, 5.41) is 3.14. The molecule has 0 heterocycles. The van der Waals surface area contributed by atoms with Gasteiger partial charge in [-0.2, -0.15) is 0 Å². The zero-order valence-corrected chi connectivity index (χ0v) is 13.0. The van der Waals surface area contributed by atoms with Crippen molar-refractivity contribution in [1.29, 1.82) is 0 Å². The number of hydrogen-bond donors (Lipinski definition) is 2. The highest BCUT2D eigenvalue weighted by atomic mass is 16.1. The van der Waals surface area contributed by atoms with Crippen LogP contribution in [0, 0.1) is 0 Å². The Morgan fingerprint density at radius 3 is 2.45 bits per heavy atom. The second-order valence-corrected chi connectivity index (χ2v) is 5.44. The van der Waals surface area contributed by atoms with Crippen LogP contribution in [0.25, 0.3) is 0 Å². The summed E-state index contributed by atoms with van der Waals surface area (Å²) in [6.07, 6.45) is 2.23. The third kappa shape index (κ3) is 3.58. The highest BCUT2D eigenvalue weighted by Crippen LogP contribution is 2.23. The maximum Gasteiger partial charge on any atom is 0.243 e. The van der Waals surface area contributed by atoms with E-state index in [-0.39, 0.29) is 5.91 Å². The number of hydrogen-bond acceptors (Lipinski definition) is 3. The summed E-state index contributed by atoms with van der Waals surface area (Å²) >= 11 is 0. The Balaban J connectivity index is 3.04. The monoisotopic (exact) mass is 277 g/mol. The third-order valence-electron chi connectivity index (χ3n) is 4.06. The van der Waals surface area contributed by atoms with Crippen molar-refractivity contribution in [2.24, 2.45) is 5.73 Å². The molecule has 0 saturated carbocycles. The van der Waals surface area contributed by atoms with E-state index < -0.39 is 5.54 Å². The van der Waals surface area contributed by atoms with E-state index in [1.807, 2.05) is 37.4 Å². The van der Waals surface area contributed by atoms with Gasteiger partial charge >= 0.3 is 0 Å². The Morgan fingerprint density at radius 1 is 1.40 bits per heavy atom. The maximum atomic E-state index is 12.1. The molecule has 0 spiro atoms. The summed E-state index contributed by atoms with van der Waals surface area (Å²) < 4.78 is 0. The maximum absolute atomic E-state index is 12.1. The predicted molar refractivity (Wildman–Crippen MR) is 83.4 cm³/mol. The largest absolute Gasteiger partial charge is 0.368 e. The van der Waals surface area contributed by atoms with Crippen LogP contribution in [0.1, 0.15) is 32.3 Å². The number of nitrogens with zero attached hydrogens (tertiary/aromatic N) is 1. The van der Waals surface area contributed by atoms with E-state index in [4.69, 9.17) is 5.73 Å². The number of likely N-dealkylation sites (N-methyl/N-ethyl adjacent to an activating group) is 2. The SMILES string of the molecule is CCCC(C)N(C)CC(NC)(C(N)=O)c1ccccc1. The summed E-state index contributed by atoms with van der Waals surface area (Å²) in [5.74, 6) is -0.346. The first-order valence-electron chi connectivity index (χ1n) is 7.22. The van der Waals surface area contributed by atoms with Crippen LogP contribution in [0.2, 0.25) is 0 Å². The number of rotatable bonds is 8. The first-order valence-corrected chi connectivity index (χ1v) is 7.22. The lowest BCUT2D eigenvalue weighted by molar-refractivity contribution is -0.125. The van der Waals surface area contributed by atoms with Crippen molar-refractivity contribution in [2.75, 3.05) is 20.6 Å². The van der Waals surface area contributed by atoms with Crippen molar-refractivity contribution in [3.05, 3.63) is 35.9 Å². The van der Waals surface area contributed by atoms with Crippen LogP contribution in [-0.2, 0) is 10.3 Å². The molecular formula is C16H27N3O. The average molecular weight is 277 g/mol. The Bertz CT molecular complexity index is 421. The van der Waals surface area contributed by atoms with Crippen molar-refractivity contribution in [2.45, 2.75) is 38.3 Å². The molecule has 2 unspecified atom stereocenters. The minimum atomic E-state index is -0.849. The van der Waals surface area contributed by atoms with E-state index in [1.165, 1.54) is 0 Å². The molecule has 1 aromatic rings. The fourth-order valence-electron chi connectivity index (χ4n) is 2.55. The number of primary amides is 1. The molecule has 0 aliphatic rings. The van der Waals surface area contributed by atoms with E-state index >= 15 is 0 Å². The van der Waals surface area contributed by atoms with Crippen molar-refractivity contribution in [3.8, 4) is 0 Å². The second kappa shape index (κ2) is 7.41. The van der Waals surface area contributed by atoms with Crippen LogP contribution < -0.4 is 11.1 Å². The minimum Gasteiger partial charge on any atom is -0.368 e. The lowest BCUT2D eigenvalue weighted by atomic mass is 9.88. The molecule has 0 aliphatic carbocycles. The number of carbonyl (C=O) groups is 1. The van der Waals surface area contributed by atoms with Crippen molar-refractivity contribution in [1.82, 2.24) is 10.2 Å². The topological polar surface area (TPSA) is 58.4 Å². The highest BCUT2D eigenvalue weighted by molar-refractivity contribution is 5.86. The van der Waals surface area contributed by atoms with E-state index in [0.717, 1.165) is 18.4 Å². The zero-order chi connectivity index (χ0) is 15.2. The molecule has 1 aromatic carbocycles. The van der Waals surface area contributed by atoms with Gasteiger partial charge in [0.1, 0.15) is 5.54 Å². The zero-order valence-electron chi connectivity index (χ0n) is 13.0. The molecule has 3 N–H and O–H groups in total. The molecule has 0 aromatic heterocycles. The first-order chi connectivity index (χ1) is 9.47. The summed E-state index contributed by atoms with van der Waals surface area (Å²) in [7, 11) is 3.83. The van der Waals surface area contributed by atoms with E-state index in [1.54, 1.807) is 7.05 Å². The third-order valence-corrected chi connectivity index (χ3v) is 4.06. The van der Waals surface area contributed by atoms with Gasteiger partial charge in [-0.05, 0) is 33.0 Å². The lowest BCUT2D eigenvalue weighted by Crippen LogP contribution is -2.58. The van der Waals surface area contributed by atoms with Gasteiger partial charge in [-0.15, -0.1) is 0 Å². The molecule has 0 radical (unpaired) electrons. The van der Waals surface area contributed by atoms with Crippen molar-refractivity contribution >= 4 is 5.91 Å². The van der Waals surface area contributed by atoms with Crippen molar-refractivity contribution < 1.29 is 4.79 Å². The van der Waals surface area contributed by atoms with Gasteiger partial charge in [0.15, 0.2) is 0 Å². The molecule has 4 nitrogen and oxygen atoms in total. The Kier molecular flexibility index (Phi) is 6.17. The number of benzene rings is 1. The molecular weight excluding hydrogens is 250 g/mol. The van der Waals surface area contributed by atoms with Crippen LogP contribution in [0.4, 0.5) is 0 Å². The predicted octanol–water partition coefficient (Wildman–Crippen LogP) is 1.71. The van der Waals surface area contributed by atoms with Crippen LogP contribution in [0.15, 0.2) is 30.3 Å². The van der Waals surface area contributed by atoms with Crippen LogP contribution >= 0.6 is 0 Å². The standard InChI is InChI=1S/C16H27N3O/c1-5-9-13(2)19(4)12-16(18-3,15(17)20)14-10-7-6-8-11-14/h6-8,10-11,13,18H,5,9,12H2,1-4H3,(H2,17,20). The van der Waals surface area contributed by atoms with E-state index in [0.29, 0.717) is 12.6 Å². The average Bonchev–Trinajstić information content (AvgIpc) is 2.45. The van der Waals surface area contributed by atoms with Crippen LogP contribution in [-0.4, -0.2) is 37.5 Å². The number of carbonyl (C=O) groups excluding carboxylic acids is 1. The van der Waals surface area contributed by atoms with Gasteiger partial charge in [0, 0.05) is 12.6 Å². The molecule has 1 rings (SSSR count). The molecule has 0 fully saturated rings. The quantitative estimate of drug-likeness (QED) is 0.760. The van der Waals surface area contributed by atoms with Gasteiger partial charge in [-0.25, -0.2) is 0 Å². The molecule has 20 heavy (non-hydrogen) atoms. The van der Waals surface area contributed by atoms with Gasteiger partial charge in [-0.3, -0.25) is 4.79 Å². The van der Waals surface area contributed by atoms with Crippen LogP contribution in [0.5, 0.6) is 0 Å². The molecule has 1 amide bonds. The van der Waals surface area contributed by atoms with E-state index in [9.17, 15) is 4.79 Å². The van der Waals surface area contributed by atoms with Gasteiger partial charge in [0.05, 0.1) is 0 Å². The van der Waals surface area contributed by atoms with Gasteiger partial charge in [0.25, 0.3) is 0 Å². The Morgan fingerprint density at radius 2 is 2.00 bits per heavy atom. The number of amides is 1. The summed E-state index contributed by atoms with van der Waals surface area (Å²) in [6, 6.07) is 10.1. The molecule has 4 heteroatoms. The molecule has 2 atom stereocenters. The minimum absolute atomic E-state index is 0.346. The van der Waals surface area contributed by atoms with Gasteiger partial charge in [0.2, 0.25) is 5.91 Å². The van der Waals surface area contributed by atoms with Gasteiger partial charge in [-0.1, -0.05) is 43.7 Å². The molecule has 0 aliphatic heterocycles. The number of nitrogens with two attached hydrogens (primary N) is 1. The summed E-state index contributed by atoms with van der Waals surface area (Å²) in [6.45, 7) is 4.90. The normalized spacial score (nSPS) is 15.8. The molecule has 112 valence electrons. The van der Waals surface area contributed by atoms with Gasteiger partial charge < -0.3 is 16.0 Å². The van der Waals surface area contributed by atoms with Crippen molar-refractivity contribution in [3.63, 3.8) is 0 Å². The van der Waals surface area contributed by atoms with E-state index in [2.05, 4.69) is 24.1 Å². The molecule has 0 saturated heterocycles. The first kappa shape index (κ1) is 16.7. The summed E-state index contributed by atoms with van der Waals surface area (Å²) in [4.78, 5) is 14.3. The lowest BCUT2D eigenvalue weighted by Gasteiger charge is -2.37. The Hall–Kier alpha value is -1.39. The fourth-order valence-corrected chi connectivity index (χ4v) is 2.55.